The van der Waals surface area contributed by atoms with E-state index >= 15 is 0 Å². The quantitative estimate of drug-likeness (QED) is 0.658. The minimum absolute atomic E-state index is 0.0125. The second-order valence-electron chi connectivity index (χ2n) is 8.22. The summed E-state index contributed by atoms with van der Waals surface area (Å²) in [5.74, 6) is 1.16. The highest BCUT2D eigenvalue weighted by molar-refractivity contribution is 5.55. The van der Waals surface area contributed by atoms with Crippen molar-refractivity contribution in [3.05, 3.63) is 59.7 Å². The van der Waals surface area contributed by atoms with Crippen LogP contribution in [-0.4, -0.2) is 63.6 Å². The normalized spacial score (nSPS) is 18.7. The summed E-state index contributed by atoms with van der Waals surface area (Å²) in [5.41, 5.74) is 3.92. The Labute approximate surface area is 184 Å². The third kappa shape index (κ3) is 4.74. The van der Waals surface area contributed by atoms with Crippen molar-refractivity contribution in [2.45, 2.75) is 45.4 Å². The molecule has 0 spiro atoms. The second kappa shape index (κ2) is 10.2. The number of aliphatic hydroxyl groups is 1. The van der Waals surface area contributed by atoms with Crippen LogP contribution in [0.2, 0.25) is 0 Å². The van der Waals surface area contributed by atoms with E-state index in [1.54, 1.807) is 0 Å². The topological polar surface area (TPSA) is 68.9 Å². The van der Waals surface area contributed by atoms with E-state index < -0.39 is 0 Å². The zero-order valence-corrected chi connectivity index (χ0v) is 18.7. The van der Waals surface area contributed by atoms with Crippen LogP contribution in [0, 0.1) is 0 Å². The van der Waals surface area contributed by atoms with Crippen LogP contribution >= 0.6 is 0 Å². The molecule has 7 heteroatoms. The molecule has 31 heavy (non-hydrogen) atoms. The fraction of sp³-hybridized carbons (Fsp3) is 0.500. The van der Waals surface area contributed by atoms with Crippen molar-refractivity contribution in [1.82, 2.24) is 24.6 Å². The molecule has 2 fully saturated rings. The molecule has 0 aliphatic carbocycles. The summed E-state index contributed by atoms with van der Waals surface area (Å²) >= 11 is 0. The molecular formula is C24H34N6O. The van der Waals surface area contributed by atoms with Gasteiger partial charge in [-0.1, -0.05) is 19.1 Å². The molecule has 2 saturated heterocycles. The summed E-state index contributed by atoms with van der Waals surface area (Å²) in [6.07, 6.45) is 5.47. The van der Waals surface area contributed by atoms with Crippen LogP contribution in [0.15, 0.2) is 42.6 Å². The van der Waals surface area contributed by atoms with E-state index in [-0.39, 0.29) is 6.61 Å². The Kier molecular flexibility index (Phi) is 7.17. The van der Waals surface area contributed by atoms with Crippen LogP contribution in [0.4, 0.5) is 5.82 Å². The van der Waals surface area contributed by atoms with E-state index in [1.165, 1.54) is 19.4 Å². The van der Waals surface area contributed by atoms with Crippen molar-refractivity contribution in [3.63, 3.8) is 0 Å². The van der Waals surface area contributed by atoms with Crippen LogP contribution in [0.25, 0.3) is 5.65 Å². The molecule has 2 aliphatic rings. The smallest absolute Gasteiger partial charge is 0.138 e. The SMILES string of the molecule is CCc1ccccn1.CNCc1nc2cccc(N3CCN4CCCC4C3)n2c1CO. The highest BCUT2D eigenvalue weighted by Gasteiger charge is 2.31. The summed E-state index contributed by atoms with van der Waals surface area (Å²) in [5, 5.41) is 13.0. The first kappa shape index (κ1) is 21.7. The number of nitrogens with zero attached hydrogens (tertiary/aromatic N) is 5. The molecular weight excluding hydrogens is 388 g/mol. The molecule has 1 unspecified atom stereocenters. The summed E-state index contributed by atoms with van der Waals surface area (Å²) in [6, 6.07) is 12.9. The van der Waals surface area contributed by atoms with E-state index in [1.807, 2.05) is 37.5 Å². The molecule has 5 rings (SSSR count). The number of imidazole rings is 1. The average Bonchev–Trinajstić information content (AvgIpc) is 3.43. The van der Waals surface area contributed by atoms with Crippen LogP contribution in [0.5, 0.6) is 0 Å². The fourth-order valence-corrected chi connectivity index (χ4v) is 4.71. The number of aryl methyl sites for hydroxylation is 1. The van der Waals surface area contributed by atoms with E-state index in [4.69, 9.17) is 4.98 Å². The third-order valence-corrected chi connectivity index (χ3v) is 6.30. The number of aromatic nitrogens is 3. The lowest BCUT2D eigenvalue weighted by atomic mass is 10.1. The van der Waals surface area contributed by atoms with E-state index in [0.29, 0.717) is 12.6 Å². The van der Waals surface area contributed by atoms with Crippen LogP contribution in [-0.2, 0) is 19.6 Å². The standard InChI is InChI=1S/C17H25N5O.C7H9N/c1-18-10-14-15(12-23)22-16(19-14)5-2-6-17(22)21-9-8-20-7-3-4-13(20)11-21;1-2-7-5-3-4-6-8-7/h2,5-6,13,18,23H,3-4,7-12H2,1H3;3-6H,2H2,1H3. The Hall–Kier alpha value is -2.48. The Morgan fingerprint density at radius 2 is 2.03 bits per heavy atom. The largest absolute Gasteiger partial charge is 0.390 e. The molecule has 1 atom stereocenters. The van der Waals surface area contributed by atoms with Gasteiger partial charge in [-0.3, -0.25) is 14.3 Å². The first-order valence-corrected chi connectivity index (χ1v) is 11.4. The van der Waals surface area contributed by atoms with Gasteiger partial charge >= 0.3 is 0 Å². The highest BCUT2D eigenvalue weighted by Crippen LogP contribution is 2.27. The number of nitrogens with one attached hydrogen (secondary N) is 1. The maximum Gasteiger partial charge on any atom is 0.138 e. The molecule has 0 radical (unpaired) electrons. The molecule has 7 nitrogen and oxygen atoms in total. The molecule has 2 N–H and O–H groups in total. The van der Waals surface area contributed by atoms with Gasteiger partial charge in [0, 0.05) is 44.1 Å². The molecule has 0 aromatic carbocycles. The van der Waals surface area contributed by atoms with Crippen molar-refractivity contribution < 1.29 is 5.11 Å². The summed E-state index contributed by atoms with van der Waals surface area (Å²) < 4.78 is 2.14. The van der Waals surface area contributed by atoms with Crippen molar-refractivity contribution in [3.8, 4) is 0 Å². The zero-order chi connectivity index (χ0) is 21.6. The third-order valence-electron chi connectivity index (χ3n) is 6.30. The lowest BCUT2D eigenvalue weighted by Gasteiger charge is -2.39. The van der Waals surface area contributed by atoms with E-state index in [2.05, 4.69) is 43.6 Å². The molecule has 3 aromatic rings. The number of piperazine rings is 1. The van der Waals surface area contributed by atoms with Gasteiger partial charge in [0.2, 0.25) is 0 Å². The first-order chi connectivity index (χ1) is 15.2. The number of pyridine rings is 2. The van der Waals surface area contributed by atoms with Crippen molar-refractivity contribution in [2.75, 3.05) is 38.1 Å². The number of fused-ring (bicyclic) bond motifs is 2. The molecule has 5 heterocycles. The lowest BCUT2D eigenvalue weighted by Crippen LogP contribution is -2.50. The predicted molar refractivity (Wildman–Crippen MR) is 124 cm³/mol. The van der Waals surface area contributed by atoms with Gasteiger partial charge in [0.05, 0.1) is 18.0 Å². The number of rotatable bonds is 5. The van der Waals surface area contributed by atoms with Gasteiger partial charge in [0.1, 0.15) is 11.5 Å². The summed E-state index contributed by atoms with van der Waals surface area (Å²) in [7, 11) is 1.91. The van der Waals surface area contributed by atoms with Crippen LogP contribution < -0.4 is 10.2 Å². The van der Waals surface area contributed by atoms with Crippen molar-refractivity contribution >= 4 is 11.5 Å². The van der Waals surface area contributed by atoms with Gasteiger partial charge in [-0.15, -0.1) is 0 Å². The average molecular weight is 423 g/mol. The maximum absolute atomic E-state index is 9.89. The predicted octanol–water partition coefficient (Wildman–Crippen LogP) is 2.47. The Bertz CT molecular complexity index is 973. The molecule has 2 aliphatic heterocycles. The number of hydrogen-bond acceptors (Lipinski definition) is 6. The van der Waals surface area contributed by atoms with E-state index in [0.717, 1.165) is 54.6 Å². The van der Waals surface area contributed by atoms with Gasteiger partial charge < -0.3 is 15.3 Å². The van der Waals surface area contributed by atoms with Gasteiger partial charge in [-0.05, 0) is 57.1 Å². The first-order valence-electron chi connectivity index (χ1n) is 11.4. The van der Waals surface area contributed by atoms with Crippen molar-refractivity contribution in [2.24, 2.45) is 0 Å². The number of aliphatic hydroxyl groups excluding tert-OH is 1. The minimum atomic E-state index is 0.0125. The molecule has 0 bridgehead atoms. The van der Waals surface area contributed by atoms with Crippen LogP contribution in [0.3, 0.4) is 0 Å². The Morgan fingerprint density at radius 1 is 1.13 bits per heavy atom. The van der Waals surface area contributed by atoms with Gasteiger partial charge in [-0.25, -0.2) is 4.98 Å². The monoisotopic (exact) mass is 422 g/mol. The number of anilines is 1. The Balaban J connectivity index is 0.000000245. The van der Waals surface area contributed by atoms with Gasteiger partial charge in [-0.2, -0.15) is 0 Å². The molecule has 3 aromatic heterocycles. The maximum atomic E-state index is 9.89. The van der Waals surface area contributed by atoms with E-state index in [9.17, 15) is 5.11 Å². The highest BCUT2D eigenvalue weighted by atomic mass is 16.3. The molecule has 0 amide bonds. The Morgan fingerprint density at radius 3 is 2.74 bits per heavy atom. The zero-order valence-electron chi connectivity index (χ0n) is 18.7. The van der Waals surface area contributed by atoms with Crippen LogP contribution in [0.1, 0.15) is 36.8 Å². The molecule has 166 valence electrons. The van der Waals surface area contributed by atoms with Crippen molar-refractivity contribution in [1.29, 1.82) is 0 Å². The minimum Gasteiger partial charge on any atom is -0.390 e. The summed E-state index contributed by atoms with van der Waals surface area (Å²) in [6.45, 7) is 7.29. The lowest BCUT2D eigenvalue weighted by molar-refractivity contribution is 0.230. The van der Waals surface area contributed by atoms with Gasteiger partial charge in [0.15, 0.2) is 0 Å². The summed E-state index contributed by atoms with van der Waals surface area (Å²) in [4.78, 5) is 13.9. The van der Waals surface area contributed by atoms with Gasteiger partial charge in [0.25, 0.3) is 0 Å². The second-order valence-corrected chi connectivity index (χ2v) is 8.22. The molecule has 0 saturated carbocycles. The number of hydrogen-bond donors (Lipinski definition) is 2. The fourth-order valence-electron chi connectivity index (χ4n) is 4.71.